The predicted octanol–water partition coefficient (Wildman–Crippen LogP) is 2.28. The van der Waals surface area contributed by atoms with E-state index in [1.165, 1.54) is 32.1 Å². The third-order valence-electron chi connectivity index (χ3n) is 5.76. The third kappa shape index (κ3) is 3.30. The first kappa shape index (κ1) is 16.6. The lowest BCUT2D eigenvalue weighted by molar-refractivity contribution is -0.0220. The number of carbonyl (C=O) groups excluding carboxylic acids is 1. The number of alkyl carbamates (subject to hydrolysis) is 1. The molecule has 1 N–H and O–H groups in total. The molecule has 0 aromatic carbocycles. The molecule has 3 aliphatic rings. The van der Waals surface area contributed by atoms with Gasteiger partial charge in [-0.15, -0.1) is 0 Å². The molecule has 2 heterocycles. The van der Waals surface area contributed by atoms with E-state index in [4.69, 9.17) is 4.74 Å². The summed E-state index contributed by atoms with van der Waals surface area (Å²) < 4.78 is 7.34. The second-order valence-corrected chi connectivity index (χ2v) is 8.92. The highest BCUT2D eigenvalue weighted by Crippen LogP contribution is 2.60. The highest BCUT2D eigenvalue weighted by molar-refractivity contribution is 5.68. The van der Waals surface area contributed by atoms with Gasteiger partial charge in [0, 0.05) is 13.1 Å². The van der Waals surface area contributed by atoms with Crippen molar-refractivity contribution < 1.29 is 9.53 Å². The average Bonchev–Trinajstić information content (AvgIpc) is 3.01. The van der Waals surface area contributed by atoms with E-state index in [-0.39, 0.29) is 12.1 Å². The first-order chi connectivity index (χ1) is 11.8. The Labute approximate surface area is 148 Å². The highest BCUT2D eigenvalue weighted by atomic mass is 16.6. The molecule has 2 aliphatic carbocycles. The van der Waals surface area contributed by atoms with Crippen molar-refractivity contribution in [1.82, 2.24) is 25.5 Å². The van der Waals surface area contributed by atoms with Gasteiger partial charge < -0.3 is 15.0 Å². The van der Waals surface area contributed by atoms with Crippen LogP contribution in [0.4, 0.5) is 10.7 Å². The number of amides is 1. The molecule has 3 fully saturated rings. The summed E-state index contributed by atoms with van der Waals surface area (Å²) >= 11 is 0. The number of hydrogen-bond acceptors (Lipinski definition) is 6. The molecule has 1 atom stereocenters. The Bertz CT molecular complexity index is 640. The van der Waals surface area contributed by atoms with Crippen molar-refractivity contribution in [3.05, 3.63) is 0 Å². The van der Waals surface area contributed by atoms with Gasteiger partial charge in [0.05, 0.1) is 12.1 Å². The molecule has 1 spiro atoms. The van der Waals surface area contributed by atoms with Crippen LogP contribution in [-0.4, -0.2) is 51.0 Å². The largest absolute Gasteiger partial charge is 0.444 e. The number of nitrogens with one attached hydrogen (secondary N) is 1. The van der Waals surface area contributed by atoms with Gasteiger partial charge in [-0.05, 0) is 68.7 Å². The van der Waals surface area contributed by atoms with Gasteiger partial charge in [-0.25, -0.2) is 9.48 Å². The molecule has 1 aromatic rings. The summed E-state index contributed by atoms with van der Waals surface area (Å²) in [5.74, 6) is 0.840. The molecular formula is C17H28N6O2. The van der Waals surface area contributed by atoms with Crippen LogP contribution in [0.2, 0.25) is 0 Å². The van der Waals surface area contributed by atoms with Crippen molar-refractivity contribution in [2.45, 2.75) is 77.0 Å². The van der Waals surface area contributed by atoms with E-state index in [9.17, 15) is 4.79 Å². The molecule has 1 amide bonds. The van der Waals surface area contributed by atoms with E-state index < -0.39 is 5.60 Å². The SMILES string of the molecule is CC(C)(C)OC(=O)N[C@@H]1CCN(c2nnnn2C2CC3(CCC3)C2)C1. The summed E-state index contributed by atoms with van der Waals surface area (Å²) in [4.78, 5) is 14.1. The van der Waals surface area contributed by atoms with Crippen LogP contribution < -0.4 is 10.2 Å². The molecule has 1 saturated heterocycles. The van der Waals surface area contributed by atoms with E-state index in [0.29, 0.717) is 11.5 Å². The number of tetrazole rings is 1. The molecule has 0 unspecified atom stereocenters. The second-order valence-electron chi connectivity index (χ2n) is 8.92. The quantitative estimate of drug-likeness (QED) is 0.902. The molecule has 0 bridgehead atoms. The van der Waals surface area contributed by atoms with E-state index in [1.54, 1.807) is 0 Å². The van der Waals surface area contributed by atoms with Crippen molar-refractivity contribution in [2.24, 2.45) is 5.41 Å². The maximum Gasteiger partial charge on any atom is 0.407 e. The number of anilines is 1. The van der Waals surface area contributed by atoms with Crippen LogP contribution in [0.15, 0.2) is 0 Å². The minimum Gasteiger partial charge on any atom is -0.444 e. The first-order valence-electron chi connectivity index (χ1n) is 9.36. The number of aromatic nitrogens is 4. The van der Waals surface area contributed by atoms with Gasteiger partial charge in [0.25, 0.3) is 0 Å². The highest BCUT2D eigenvalue weighted by Gasteiger charge is 2.50. The van der Waals surface area contributed by atoms with Gasteiger partial charge >= 0.3 is 6.09 Å². The maximum atomic E-state index is 12.0. The zero-order valence-corrected chi connectivity index (χ0v) is 15.4. The Morgan fingerprint density at radius 1 is 1.32 bits per heavy atom. The van der Waals surface area contributed by atoms with Crippen molar-refractivity contribution in [3.63, 3.8) is 0 Å². The van der Waals surface area contributed by atoms with Gasteiger partial charge in [0.15, 0.2) is 0 Å². The van der Waals surface area contributed by atoms with Crippen LogP contribution in [-0.2, 0) is 4.74 Å². The van der Waals surface area contributed by atoms with Crippen molar-refractivity contribution in [3.8, 4) is 0 Å². The second kappa shape index (κ2) is 5.85. The number of hydrogen-bond donors (Lipinski definition) is 1. The molecule has 0 radical (unpaired) electrons. The minimum atomic E-state index is -0.478. The van der Waals surface area contributed by atoms with E-state index in [2.05, 4.69) is 25.7 Å². The van der Waals surface area contributed by atoms with Crippen LogP contribution in [0.25, 0.3) is 0 Å². The number of carbonyl (C=O) groups is 1. The maximum absolute atomic E-state index is 12.0. The Balaban J connectivity index is 1.33. The fraction of sp³-hybridized carbons (Fsp3) is 0.882. The summed E-state index contributed by atoms with van der Waals surface area (Å²) in [6.07, 6.45) is 7.04. The van der Waals surface area contributed by atoms with E-state index in [1.807, 2.05) is 25.5 Å². The monoisotopic (exact) mass is 348 g/mol. The van der Waals surface area contributed by atoms with Crippen LogP contribution in [0.5, 0.6) is 0 Å². The summed E-state index contributed by atoms with van der Waals surface area (Å²) in [5.41, 5.74) is 0.119. The Morgan fingerprint density at radius 2 is 2.08 bits per heavy atom. The lowest BCUT2D eigenvalue weighted by atomic mass is 9.54. The van der Waals surface area contributed by atoms with Gasteiger partial charge in [-0.1, -0.05) is 11.5 Å². The third-order valence-corrected chi connectivity index (χ3v) is 5.76. The average molecular weight is 348 g/mol. The van der Waals surface area contributed by atoms with Gasteiger partial charge in [0.1, 0.15) is 5.60 Å². The summed E-state index contributed by atoms with van der Waals surface area (Å²) in [6, 6.07) is 0.502. The molecule has 25 heavy (non-hydrogen) atoms. The van der Waals surface area contributed by atoms with Gasteiger partial charge in [-0.3, -0.25) is 0 Å². The summed E-state index contributed by atoms with van der Waals surface area (Å²) in [6.45, 7) is 7.18. The fourth-order valence-corrected chi connectivity index (χ4v) is 4.37. The van der Waals surface area contributed by atoms with Crippen molar-refractivity contribution in [1.29, 1.82) is 0 Å². The topological polar surface area (TPSA) is 85.2 Å². The summed E-state index contributed by atoms with van der Waals surface area (Å²) in [5, 5.41) is 15.4. The van der Waals surface area contributed by atoms with Gasteiger partial charge in [-0.2, -0.15) is 0 Å². The minimum absolute atomic E-state index is 0.0689. The molecule has 138 valence electrons. The van der Waals surface area contributed by atoms with Crippen molar-refractivity contribution in [2.75, 3.05) is 18.0 Å². The van der Waals surface area contributed by atoms with Crippen LogP contribution >= 0.6 is 0 Å². The Hall–Kier alpha value is -1.86. The van der Waals surface area contributed by atoms with Crippen LogP contribution in [0.3, 0.4) is 0 Å². The van der Waals surface area contributed by atoms with Crippen LogP contribution in [0.1, 0.15) is 65.3 Å². The smallest absolute Gasteiger partial charge is 0.407 e. The Kier molecular flexibility index (Phi) is 3.88. The molecule has 8 heteroatoms. The van der Waals surface area contributed by atoms with Crippen LogP contribution in [0, 0.1) is 5.41 Å². The standard InChI is InChI=1S/C17H28N6O2/c1-16(2,3)25-15(24)18-12-5-8-22(11-12)14-19-20-21-23(14)13-9-17(10-13)6-4-7-17/h12-13H,4-11H2,1-3H3,(H,18,24)/t12-/m1/s1. The van der Waals surface area contributed by atoms with E-state index in [0.717, 1.165) is 25.5 Å². The molecular weight excluding hydrogens is 320 g/mol. The lowest BCUT2D eigenvalue weighted by Crippen LogP contribution is -2.45. The lowest BCUT2D eigenvalue weighted by Gasteiger charge is -2.54. The molecule has 1 aromatic heterocycles. The summed E-state index contributed by atoms with van der Waals surface area (Å²) in [7, 11) is 0. The molecule has 8 nitrogen and oxygen atoms in total. The Morgan fingerprint density at radius 3 is 2.72 bits per heavy atom. The first-order valence-corrected chi connectivity index (χ1v) is 9.36. The van der Waals surface area contributed by atoms with Gasteiger partial charge in [0.2, 0.25) is 5.95 Å². The number of ether oxygens (including phenoxy) is 1. The zero-order chi connectivity index (χ0) is 17.7. The molecule has 2 saturated carbocycles. The van der Waals surface area contributed by atoms with E-state index >= 15 is 0 Å². The normalized spacial score (nSPS) is 25.6. The molecule has 1 aliphatic heterocycles. The fourth-order valence-electron chi connectivity index (χ4n) is 4.37. The predicted molar refractivity (Wildman–Crippen MR) is 92.4 cm³/mol. The van der Waals surface area contributed by atoms with Crippen molar-refractivity contribution >= 4 is 12.0 Å². The zero-order valence-electron chi connectivity index (χ0n) is 15.4. The number of nitrogens with zero attached hydrogens (tertiary/aromatic N) is 5. The molecule has 4 rings (SSSR count). The number of rotatable bonds is 3.